The summed E-state index contributed by atoms with van der Waals surface area (Å²) in [7, 11) is 0. The van der Waals surface area contributed by atoms with Gasteiger partial charge in [0.2, 0.25) is 0 Å². The Labute approximate surface area is 103 Å². The van der Waals surface area contributed by atoms with Gasteiger partial charge in [0.25, 0.3) is 0 Å². The highest BCUT2D eigenvalue weighted by molar-refractivity contribution is 5.21. The first-order valence-corrected chi connectivity index (χ1v) is 6.32. The molecule has 0 aliphatic carbocycles. The topological polar surface area (TPSA) is 35.5 Å². The molecule has 0 radical (unpaired) electrons. The quantitative estimate of drug-likeness (QED) is 0.824. The summed E-state index contributed by atoms with van der Waals surface area (Å²) < 4.78 is 0. The maximum absolute atomic E-state index is 10.6. The maximum Gasteiger partial charge on any atom is 0.0994 e. The summed E-state index contributed by atoms with van der Waals surface area (Å²) in [4.78, 5) is 2.35. The molecule has 94 valence electrons. The van der Waals surface area contributed by atoms with Crippen LogP contribution >= 0.6 is 0 Å². The van der Waals surface area contributed by atoms with Gasteiger partial charge in [-0.3, -0.25) is 4.90 Å². The average Bonchev–Trinajstić information content (AvgIpc) is 2.33. The van der Waals surface area contributed by atoms with Crippen molar-refractivity contribution in [3.8, 4) is 0 Å². The molecule has 0 spiro atoms. The molecule has 0 saturated carbocycles. The fourth-order valence-electron chi connectivity index (χ4n) is 2.40. The first-order valence-electron chi connectivity index (χ1n) is 6.32. The van der Waals surface area contributed by atoms with Gasteiger partial charge in [-0.15, -0.1) is 0 Å². The molecule has 2 atom stereocenters. The number of piperazine rings is 1. The van der Waals surface area contributed by atoms with Crippen LogP contribution in [0.4, 0.5) is 0 Å². The van der Waals surface area contributed by atoms with Crippen LogP contribution in [0, 0.1) is 0 Å². The van der Waals surface area contributed by atoms with Crippen LogP contribution in [-0.4, -0.2) is 42.2 Å². The molecule has 2 rings (SSSR count). The third kappa shape index (κ3) is 3.06. The smallest absolute Gasteiger partial charge is 0.0994 e. The van der Waals surface area contributed by atoms with Gasteiger partial charge in [0, 0.05) is 32.2 Å². The van der Waals surface area contributed by atoms with Gasteiger partial charge in [-0.25, -0.2) is 0 Å². The van der Waals surface area contributed by atoms with E-state index in [9.17, 15) is 5.11 Å². The van der Waals surface area contributed by atoms with E-state index < -0.39 is 5.60 Å². The Kier molecular flexibility index (Phi) is 3.82. The number of rotatable bonds is 3. The van der Waals surface area contributed by atoms with Gasteiger partial charge in [0.05, 0.1) is 5.60 Å². The Morgan fingerprint density at radius 2 is 2.12 bits per heavy atom. The third-order valence-electron chi connectivity index (χ3n) is 3.55. The van der Waals surface area contributed by atoms with Crippen LogP contribution in [0.5, 0.6) is 0 Å². The maximum atomic E-state index is 10.6. The molecule has 1 aliphatic rings. The summed E-state index contributed by atoms with van der Waals surface area (Å²) in [6.45, 7) is 7.81. The monoisotopic (exact) mass is 234 g/mol. The number of nitrogens with zero attached hydrogens (tertiary/aromatic N) is 1. The lowest BCUT2D eigenvalue weighted by Gasteiger charge is -2.38. The summed E-state index contributed by atoms with van der Waals surface area (Å²) in [6, 6.07) is 10.4. The normalized spacial score (nSPS) is 25.5. The van der Waals surface area contributed by atoms with E-state index >= 15 is 0 Å². The molecular weight excluding hydrogens is 212 g/mol. The molecule has 0 amide bonds. The van der Waals surface area contributed by atoms with Gasteiger partial charge < -0.3 is 10.4 Å². The van der Waals surface area contributed by atoms with E-state index in [1.54, 1.807) is 0 Å². The summed E-state index contributed by atoms with van der Waals surface area (Å²) in [5, 5.41) is 14.0. The lowest BCUT2D eigenvalue weighted by atomic mass is 9.94. The van der Waals surface area contributed by atoms with Crippen molar-refractivity contribution in [1.29, 1.82) is 0 Å². The Morgan fingerprint density at radius 3 is 2.76 bits per heavy atom. The molecular formula is C14H22N2O. The summed E-state index contributed by atoms with van der Waals surface area (Å²) in [5.41, 5.74) is 0.220. The largest absolute Gasteiger partial charge is 0.384 e. The molecule has 0 aromatic heterocycles. The molecule has 17 heavy (non-hydrogen) atoms. The number of β-amino-alcohol motifs (C(OH)–C–C–N with tert-alkyl or cyclic N) is 1. The Balaban J connectivity index is 2.06. The van der Waals surface area contributed by atoms with Crippen LogP contribution in [0.15, 0.2) is 30.3 Å². The molecule has 3 nitrogen and oxygen atoms in total. The van der Waals surface area contributed by atoms with Crippen molar-refractivity contribution in [2.45, 2.75) is 25.5 Å². The number of benzene rings is 1. The molecule has 1 heterocycles. The van der Waals surface area contributed by atoms with Gasteiger partial charge in [0.15, 0.2) is 0 Å². The predicted molar refractivity (Wildman–Crippen MR) is 69.9 cm³/mol. The first kappa shape index (κ1) is 12.6. The second-order valence-electron chi connectivity index (χ2n) is 5.16. The number of hydrogen-bond donors (Lipinski definition) is 2. The second-order valence-corrected chi connectivity index (χ2v) is 5.16. The van der Waals surface area contributed by atoms with E-state index in [-0.39, 0.29) is 0 Å². The molecule has 1 aromatic rings. The highest BCUT2D eigenvalue weighted by Crippen LogP contribution is 2.22. The molecule has 1 aromatic carbocycles. The zero-order chi connectivity index (χ0) is 12.3. The van der Waals surface area contributed by atoms with Crippen molar-refractivity contribution in [2.24, 2.45) is 0 Å². The second kappa shape index (κ2) is 5.17. The minimum Gasteiger partial charge on any atom is -0.384 e. The third-order valence-corrected chi connectivity index (χ3v) is 3.55. The zero-order valence-corrected chi connectivity index (χ0v) is 10.7. The molecule has 1 fully saturated rings. The van der Waals surface area contributed by atoms with Crippen molar-refractivity contribution < 1.29 is 5.11 Å². The molecule has 0 bridgehead atoms. The fraction of sp³-hybridized carbons (Fsp3) is 0.571. The molecule has 1 aliphatic heterocycles. The Hall–Kier alpha value is -0.900. The minimum atomic E-state index is -0.771. The van der Waals surface area contributed by atoms with Crippen LogP contribution in [0.3, 0.4) is 0 Å². The van der Waals surface area contributed by atoms with E-state index in [0.717, 1.165) is 25.2 Å². The van der Waals surface area contributed by atoms with Gasteiger partial charge in [-0.1, -0.05) is 30.3 Å². The van der Waals surface area contributed by atoms with Crippen LogP contribution in [0.2, 0.25) is 0 Å². The van der Waals surface area contributed by atoms with E-state index in [4.69, 9.17) is 0 Å². The lowest BCUT2D eigenvalue weighted by Crippen LogP contribution is -2.53. The van der Waals surface area contributed by atoms with Gasteiger partial charge in [-0.2, -0.15) is 0 Å². The van der Waals surface area contributed by atoms with Gasteiger partial charge in [0.1, 0.15) is 0 Å². The number of nitrogens with one attached hydrogen (secondary N) is 1. The van der Waals surface area contributed by atoms with Crippen molar-refractivity contribution in [1.82, 2.24) is 10.2 Å². The van der Waals surface area contributed by atoms with Gasteiger partial charge in [-0.05, 0) is 19.4 Å². The summed E-state index contributed by atoms with van der Waals surface area (Å²) >= 11 is 0. The molecule has 2 N–H and O–H groups in total. The molecule has 2 unspecified atom stereocenters. The SMILES string of the molecule is CC1CNCCN1CC(C)(O)c1ccccc1. The zero-order valence-electron chi connectivity index (χ0n) is 10.7. The van der Waals surface area contributed by atoms with E-state index in [2.05, 4.69) is 17.1 Å². The highest BCUT2D eigenvalue weighted by Gasteiger charge is 2.29. The fourth-order valence-corrected chi connectivity index (χ4v) is 2.40. The number of hydrogen-bond acceptors (Lipinski definition) is 3. The van der Waals surface area contributed by atoms with E-state index in [0.29, 0.717) is 12.6 Å². The van der Waals surface area contributed by atoms with Crippen molar-refractivity contribution in [3.63, 3.8) is 0 Å². The first-order chi connectivity index (χ1) is 8.09. The standard InChI is InChI=1S/C14H22N2O/c1-12-10-15-8-9-16(12)11-14(2,17)13-6-4-3-5-7-13/h3-7,12,15,17H,8-11H2,1-2H3. The van der Waals surface area contributed by atoms with E-state index in [1.807, 2.05) is 37.3 Å². The summed E-state index contributed by atoms with van der Waals surface area (Å²) in [6.07, 6.45) is 0. The average molecular weight is 234 g/mol. The van der Waals surface area contributed by atoms with Crippen molar-refractivity contribution in [2.75, 3.05) is 26.2 Å². The number of aliphatic hydroxyl groups is 1. The van der Waals surface area contributed by atoms with Crippen molar-refractivity contribution in [3.05, 3.63) is 35.9 Å². The van der Waals surface area contributed by atoms with Crippen LogP contribution < -0.4 is 5.32 Å². The Morgan fingerprint density at radius 1 is 1.41 bits per heavy atom. The van der Waals surface area contributed by atoms with E-state index in [1.165, 1.54) is 0 Å². The molecule has 1 saturated heterocycles. The lowest BCUT2D eigenvalue weighted by molar-refractivity contribution is -0.00108. The van der Waals surface area contributed by atoms with Crippen LogP contribution in [0.1, 0.15) is 19.4 Å². The minimum absolute atomic E-state index is 0.485. The predicted octanol–water partition coefficient (Wildman–Crippen LogP) is 1.19. The van der Waals surface area contributed by atoms with Crippen LogP contribution in [0.25, 0.3) is 0 Å². The van der Waals surface area contributed by atoms with Gasteiger partial charge >= 0.3 is 0 Å². The van der Waals surface area contributed by atoms with Crippen LogP contribution in [-0.2, 0) is 5.60 Å². The Bertz CT molecular complexity index is 350. The molecule has 3 heteroatoms. The highest BCUT2D eigenvalue weighted by atomic mass is 16.3. The van der Waals surface area contributed by atoms with Crippen molar-refractivity contribution >= 4 is 0 Å². The summed E-state index contributed by atoms with van der Waals surface area (Å²) in [5.74, 6) is 0.